The number of hydrogen-bond donors (Lipinski definition) is 1. The first-order valence-electron chi connectivity index (χ1n) is 9.55. The quantitative estimate of drug-likeness (QED) is 0.417. The molecule has 4 rings (SSSR count). The standard InChI is InChI=1S/C24H21ClN2OS/c1-15(2)14-26-24(28)17-9-12-22-20(13-17)27-23(16-7-10-18(25)11-8-16)19-5-3-4-6-21(19)29-22/h3-13,15H,14H2,1-2H3,(H,26,28). The molecule has 0 saturated heterocycles. The molecule has 0 saturated carbocycles. The molecule has 0 unspecified atom stereocenters. The van der Waals surface area contributed by atoms with Crippen molar-refractivity contribution in [3.63, 3.8) is 0 Å². The van der Waals surface area contributed by atoms with Crippen LogP contribution < -0.4 is 5.32 Å². The fourth-order valence-corrected chi connectivity index (χ4v) is 4.24. The monoisotopic (exact) mass is 420 g/mol. The number of nitrogens with one attached hydrogen (secondary N) is 1. The van der Waals surface area contributed by atoms with Gasteiger partial charge in [0.2, 0.25) is 0 Å². The fourth-order valence-electron chi connectivity index (χ4n) is 3.11. The van der Waals surface area contributed by atoms with Gasteiger partial charge in [-0.2, -0.15) is 0 Å². The zero-order chi connectivity index (χ0) is 20.4. The summed E-state index contributed by atoms with van der Waals surface area (Å²) in [4.78, 5) is 19.7. The highest BCUT2D eigenvalue weighted by Gasteiger charge is 2.20. The Morgan fingerprint density at radius 3 is 2.55 bits per heavy atom. The number of rotatable bonds is 4. The minimum Gasteiger partial charge on any atom is -0.352 e. The zero-order valence-electron chi connectivity index (χ0n) is 16.3. The van der Waals surface area contributed by atoms with Gasteiger partial charge < -0.3 is 5.32 Å². The second-order valence-corrected chi connectivity index (χ2v) is 8.87. The largest absolute Gasteiger partial charge is 0.352 e. The fraction of sp³-hybridized carbons (Fsp3) is 0.167. The van der Waals surface area contributed by atoms with Gasteiger partial charge >= 0.3 is 0 Å². The lowest BCUT2D eigenvalue weighted by Crippen LogP contribution is -2.27. The number of nitrogens with zero attached hydrogens (tertiary/aromatic N) is 1. The maximum Gasteiger partial charge on any atom is 0.251 e. The van der Waals surface area contributed by atoms with E-state index in [1.807, 2.05) is 54.6 Å². The van der Waals surface area contributed by atoms with Crippen LogP contribution in [0.2, 0.25) is 5.02 Å². The van der Waals surface area contributed by atoms with Crippen LogP contribution in [0.1, 0.15) is 35.3 Å². The summed E-state index contributed by atoms with van der Waals surface area (Å²) < 4.78 is 0. The molecular formula is C24H21ClN2OS. The molecule has 0 radical (unpaired) electrons. The molecule has 1 heterocycles. The zero-order valence-corrected chi connectivity index (χ0v) is 17.8. The topological polar surface area (TPSA) is 41.5 Å². The number of halogens is 1. The highest BCUT2D eigenvalue weighted by Crippen LogP contribution is 2.41. The van der Waals surface area contributed by atoms with Crippen LogP contribution in [0, 0.1) is 5.92 Å². The number of amides is 1. The highest BCUT2D eigenvalue weighted by atomic mass is 35.5. The lowest BCUT2D eigenvalue weighted by Gasteiger charge is -2.09. The number of carbonyl (C=O) groups excluding carboxylic acids is 1. The SMILES string of the molecule is CC(C)CNC(=O)c1ccc2c(c1)N=C(c1ccc(Cl)cc1)c1ccccc1S2. The third kappa shape index (κ3) is 4.39. The van der Waals surface area contributed by atoms with E-state index in [9.17, 15) is 4.79 Å². The van der Waals surface area contributed by atoms with Crippen molar-refractivity contribution in [2.24, 2.45) is 10.9 Å². The molecule has 0 spiro atoms. The Kier molecular flexibility index (Phi) is 5.74. The van der Waals surface area contributed by atoms with Crippen molar-refractivity contribution in [3.8, 4) is 0 Å². The van der Waals surface area contributed by atoms with Crippen molar-refractivity contribution in [1.29, 1.82) is 0 Å². The predicted octanol–water partition coefficient (Wildman–Crippen LogP) is 6.36. The molecule has 0 fully saturated rings. The van der Waals surface area contributed by atoms with Crippen molar-refractivity contribution in [3.05, 3.63) is 88.4 Å². The molecule has 0 aliphatic carbocycles. The average molecular weight is 421 g/mol. The molecule has 0 atom stereocenters. The van der Waals surface area contributed by atoms with Crippen molar-refractivity contribution >= 4 is 40.7 Å². The van der Waals surface area contributed by atoms with Crippen LogP contribution in [0.5, 0.6) is 0 Å². The second kappa shape index (κ2) is 8.44. The first-order valence-corrected chi connectivity index (χ1v) is 10.7. The molecule has 1 aliphatic rings. The maximum absolute atomic E-state index is 12.5. The van der Waals surface area contributed by atoms with Gasteiger partial charge in [-0.15, -0.1) is 0 Å². The number of fused-ring (bicyclic) bond motifs is 2. The van der Waals surface area contributed by atoms with Crippen LogP contribution in [0.25, 0.3) is 0 Å². The summed E-state index contributed by atoms with van der Waals surface area (Å²) in [6, 6.07) is 21.7. The summed E-state index contributed by atoms with van der Waals surface area (Å²) in [6.07, 6.45) is 0. The highest BCUT2D eigenvalue weighted by molar-refractivity contribution is 7.99. The lowest BCUT2D eigenvalue weighted by molar-refractivity contribution is 0.0949. The van der Waals surface area contributed by atoms with Crippen molar-refractivity contribution in [2.75, 3.05) is 6.54 Å². The van der Waals surface area contributed by atoms with E-state index in [0.29, 0.717) is 23.0 Å². The predicted molar refractivity (Wildman–Crippen MR) is 121 cm³/mol. The maximum atomic E-state index is 12.5. The van der Waals surface area contributed by atoms with Crippen LogP contribution in [0.3, 0.4) is 0 Å². The van der Waals surface area contributed by atoms with E-state index in [4.69, 9.17) is 16.6 Å². The Balaban J connectivity index is 1.80. The third-order valence-electron chi connectivity index (χ3n) is 4.60. The summed E-state index contributed by atoms with van der Waals surface area (Å²) in [5.74, 6) is 0.330. The van der Waals surface area contributed by atoms with Gasteiger partial charge in [-0.05, 0) is 42.3 Å². The summed E-state index contributed by atoms with van der Waals surface area (Å²) in [5, 5.41) is 3.67. The molecular weight excluding hydrogens is 400 g/mol. The molecule has 3 aromatic carbocycles. The molecule has 3 aromatic rings. The molecule has 3 nitrogen and oxygen atoms in total. The van der Waals surface area contributed by atoms with Gasteiger partial charge in [-0.1, -0.05) is 67.5 Å². The minimum absolute atomic E-state index is 0.0727. The van der Waals surface area contributed by atoms with Crippen LogP contribution in [0.4, 0.5) is 5.69 Å². The average Bonchev–Trinajstić information content (AvgIpc) is 2.88. The normalized spacial score (nSPS) is 12.6. The summed E-state index contributed by atoms with van der Waals surface area (Å²) in [5.41, 5.74) is 4.36. The van der Waals surface area contributed by atoms with Gasteiger partial charge in [0.05, 0.1) is 11.4 Å². The van der Waals surface area contributed by atoms with Gasteiger partial charge in [0.25, 0.3) is 5.91 Å². The number of aliphatic imine (C=N–C) groups is 1. The third-order valence-corrected chi connectivity index (χ3v) is 6.00. The van der Waals surface area contributed by atoms with Crippen LogP contribution in [0.15, 0.2) is 81.5 Å². The van der Waals surface area contributed by atoms with E-state index in [1.165, 1.54) is 0 Å². The van der Waals surface area contributed by atoms with Crippen LogP contribution in [-0.2, 0) is 0 Å². The second-order valence-electron chi connectivity index (χ2n) is 7.35. The Morgan fingerprint density at radius 2 is 1.79 bits per heavy atom. The Bertz CT molecular complexity index is 1090. The van der Waals surface area contributed by atoms with E-state index in [2.05, 4.69) is 31.3 Å². The molecule has 1 amide bonds. The first-order chi connectivity index (χ1) is 14.0. The van der Waals surface area contributed by atoms with E-state index in [0.717, 1.165) is 32.3 Å². The lowest BCUT2D eigenvalue weighted by atomic mass is 10.0. The molecule has 1 aliphatic heterocycles. The first kappa shape index (κ1) is 19.7. The molecule has 29 heavy (non-hydrogen) atoms. The van der Waals surface area contributed by atoms with Crippen LogP contribution >= 0.6 is 23.4 Å². The molecule has 146 valence electrons. The van der Waals surface area contributed by atoms with E-state index in [-0.39, 0.29) is 5.91 Å². The summed E-state index contributed by atoms with van der Waals surface area (Å²) in [7, 11) is 0. The van der Waals surface area contributed by atoms with Crippen LogP contribution in [-0.4, -0.2) is 18.2 Å². The number of carbonyl (C=O) groups is 1. The summed E-state index contributed by atoms with van der Waals surface area (Å²) >= 11 is 7.75. The molecule has 5 heteroatoms. The van der Waals surface area contributed by atoms with Gasteiger partial charge in [0, 0.05) is 38.0 Å². The van der Waals surface area contributed by atoms with Crippen molar-refractivity contribution < 1.29 is 4.79 Å². The number of hydrogen-bond acceptors (Lipinski definition) is 3. The van der Waals surface area contributed by atoms with Gasteiger partial charge in [-0.25, -0.2) is 4.99 Å². The van der Waals surface area contributed by atoms with Gasteiger partial charge in [0.15, 0.2) is 0 Å². The molecule has 0 bridgehead atoms. The van der Waals surface area contributed by atoms with E-state index in [1.54, 1.807) is 11.8 Å². The Hall–Kier alpha value is -2.56. The van der Waals surface area contributed by atoms with Crippen molar-refractivity contribution in [1.82, 2.24) is 5.32 Å². The Morgan fingerprint density at radius 1 is 1.03 bits per heavy atom. The van der Waals surface area contributed by atoms with E-state index < -0.39 is 0 Å². The minimum atomic E-state index is -0.0727. The molecule has 0 aromatic heterocycles. The van der Waals surface area contributed by atoms with E-state index >= 15 is 0 Å². The Labute approximate surface area is 180 Å². The van der Waals surface area contributed by atoms with Gasteiger partial charge in [0.1, 0.15) is 0 Å². The van der Waals surface area contributed by atoms with Gasteiger partial charge in [-0.3, -0.25) is 4.79 Å². The van der Waals surface area contributed by atoms with Crippen molar-refractivity contribution in [2.45, 2.75) is 23.6 Å². The number of benzene rings is 3. The molecule has 1 N–H and O–H groups in total. The smallest absolute Gasteiger partial charge is 0.251 e. The summed E-state index contributed by atoms with van der Waals surface area (Å²) in [6.45, 7) is 4.80.